The number of hydrogen-bond donors (Lipinski definition) is 1. The van der Waals surface area contributed by atoms with E-state index in [2.05, 4.69) is 4.74 Å². The monoisotopic (exact) mass is 155 g/mol. The molecule has 0 unspecified atom stereocenters. The molecule has 0 aromatic rings. The average Bonchev–Trinajstić information content (AvgIpc) is 2.67. The summed E-state index contributed by atoms with van der Waals surface area (Å²) in [6.07, 6.45) is 3.95. The van der Waals surface area contributed by atoms with Crippen LogP contribution < -0.4 is 5.73 Å². The summed E-state index contributed by atoms with van der Waals surface area (Å²) in [5.41, 5.74) is 6.14. The summed E-state index contributed by atoms with van der Waals surface area (Å²) >= 11 is 0. The first-order chi connectivity index (χ1) is 5.24. The van der Waals surface area contributed by atoms with E-state index in [-0.39, 0.29) is 12.7 Å². The maximum atomic E-state index is 10.8. The Hall–Kier alpha value is -0.830. The Balaban J connectivity index is 2.35. The lowest BCUT2D eigenvalue weighted by atomic mass is 10.2. The van der Waals surface area contributed by atoms with Crippen LogP contribution in [0.15, 0.2) is 11.6 Å². The standard InChI is InChI=1S/C8H13NO2/c1-6(7-2-3-7)4-8(10)11-5-9/h4,7H,2-3,5,9H2,1H3/b6-4-. The Morgan fingerprint density at radius 2 is 2.36 bits per heavy atom. The van der Waals surface area contributed by atoms with Crippen LogP contribution in [0.3, 0.4) is 0 Å². The molecule has 0 bridgehead atoms. The minimum Gasteiger partial charge on any atom is -0.447 e. The number of ether oxygens (including phenoxy) is 1. The maximum Gasteiger partial charge on any atom is 0.332 e. The molecule has 1 aliphatic rings. The van der Waals surface area contributed by atoms with Crippen LogP contribution in [0, 0.1) is 5.92 Å². The number of nitrogens with two attached hydrogens (primary N) is 1. The highest BCUT2D eigenvalue weighted by Gasteiger charge is 2.23. The highest BCUT2D eigenvalue weighted by Crippen LogP contribution is 2.35. The van der Waals surface area contributed by atoms with Gasteiger partial charge in [-0.1, -0.05) is 5.57 Å². The van der Waals surface area contributed by atoms with E-state index in [1.165, 1.54) is 18.9 Å². The second-order valence-electron chi connectivity index (χ2n) is 2.79. The van der Waals surface area contributed by atoms with Gasteiger partial charge in [0.25, 0.3) is 0 Å². The molecule has 0 saturated heterocycles. The predicted octanol–water partition coefficient (Wildman–Crippen LogP) is 0.802. The zero-order valence-corrected chi connectivity index (χ0v) is 6.67. The summed E-state index contributed by atoms with van der Waals surface area (Å²) in [4.78, 5) is 10.8. The molecule has 0 aromatic carbocycles. The molecule has 62 valence electrons. The van der Waals surface area contributed by atoms with Gasteiger partial charge in [-0.3, -0.25) is 5.73 Å². The highest BCUT2D eigenvalue weighted by molar-refractivity contribution is 5.82. The van der Waals surface area contributed by atoms with Gasteiger partial charge in [0.1, 0.15) is 6.73 Å². The smallest absolute Gasteiger partial charge is 0.332 e. The summed E-state index contributed by atoms with van der Waals surface area (Å²) in [5, 5.41) is 0. The highest BCUT2D eigenvalue weighted by atomic mass is 16.5. The fraction of sp³-hybridized carbons (Fsp3) is 0.625. The van der Waals surface area contributed by atoms with Crippen LogP contribution >= 0.6 is 0 Å². The van der Waals surface area contributed by atoms with Gasteiger partial charge >= 0.3 is 5.97 Å². The molecule has 0 amide bonds. The zero-order chi connectivity index (χ0) is 8.27. The lowest BCUT2D eigenvalue weighted by Gasteiger charge is -1.97. The van der Waals surface area contributed by atoms with Gasteiger partial charge in [0.15, 0.2) is 0 Å². The van der Waals surface area contributed by atoms with Crippen molar-refractivity contribution in [2.45, 2.75) is 19.8 Å². The molecule has 0 aromatic heterocycles. The van der Waals surface area contributed by atoms with Gasteiger partial charge in [0.2, 0.25) is 0 Å². The van der Waals surface area contributed by atoms with Crippen LogP contribution in [0.5, 0.6) is 0 Å². The van der Waals surface area contributed by atoms with Gasteiger partial charge in [-0.2, -0.15) is 0 Å². The molecule has 1 aliphatic carbocycles. The van der Waals surface area contributed by atoms with E-state index in [0.29, 0.717) is 5.92 Å². The maximum absolute atomic E-state index is 10.8. The Kier molecular flexibility index (Phi) is 2.65. The van der Waals surface area contributed by atoms with Crippen molar-refractivity contribution in [1.29, 1.82) is 0 Å². The van der Waals surface area contributed by atoms with Crippen LogP contribution in [0.25, 0.3) is 0 Å². The van der Waals surface area contributed by atoms with Gasteiger partial charge in [-0.05, 0) is 25.7 Å². The zero-order valence-electron chi connectivity index (χ0n) is 6.67. The summed E-state index contributed by atoms with van der Waals surface area (Å²) in [6.45, 7) is 1.92. The van der Waals surface area contributed by atoms with E-state index < -0.39 is 0 Å². The van der Waals surface area contributed by atoms with Gasteiger partial charge in [0, 0.05) is 6.08 Å². The number of carbonyl (C=O) groups is 1. The Labute approximate surface area is 66.2 Å². The van der Waals surface area contributed by atoms with E-state index in [1.807, 2.05) is 6.92 Å². The number of carbonyl (C=O) groups excluding carboxylic acids is 1. The first kappa shape index (κ1) is 8.27. The van der Waals surface area contributed by atoms with Crippen LogP contribution in [-0.2, 0) is 9.53 Å². The molecule has 0 spiro atoms. The third kappa shape index (κ3) is 2.72. The molecule has 1 fully saturated rings. The van der Waals surface area contributed by atoms with Crippen molar-refractivity contribution in [1.82, 2.24) is 0 Å². The lowest BCUT2D eigenvalue weighted by molar-refractivity contribution is -0.137. The summed E-state index contributed by atoms with van der Waals surface area (Å²) in [6, 6.07) is 0. The Morgan fingerprint density at radius 1 is 1.73 bits per heavy atom. The van der Waals surface area contributed by atoms with E-state index >= 15 is 0 Å². The van der Waals surface area contributed by atoms with Crippen molar-refractivity contribution in [3.63, 3.8) is 0 Å². The minimum absolute atomic E-state index is 0.0344. The first-order valence-electron chi connectivity index (χ1n) is 3.79. The van der Waals surface area contributed by atoms with Gasteiger partial charge in [0.05, 0.1) is 0 Å². The molecule has 3 heteroatoms. The van der Waals surface area contributed by atoms with E-state index in [0.717, 1.165) is 5.57 Å². The van der Waals surface area contributed by atoms with Gasteiger partial charge in [-0.25, -0.2) is 4.79 Å². The number of esters is 1. The molecule has 0 atom stereocenters. The second-order valence-corrected chi connectivity index (χ2v) is 2.79. The third-order valence-corrected chi connectivity index (χ3v) is 1.79. The second kappa shape index (κ2) is 3.53. The van der Waals surface area contributed by atoms with E-state index in [1.54, 1.807) is 0 Å². The topological polar surface area (TPSA) is 52.3 Å². The van der Waals surface area contributed by atoms with Crippen LogP contribution in [0.1, 0.15) is 19.8 Å². The predicted molar refractivity (Wildman–Crippen MR) is 41.6 cm³/mol. The first-order valence-corrected chi connectivity index (χ1v) is 3.79. The normalized spacial score (nSPS) is 18.2. The molecule has 1 rings (SSSR count). The number of rotatable bonds is 3. The summed E-state index contributed by atoms with van der Waals surface area (Å²) < 4.78 is 4.55. The van der Waals surface area contributed by atoms with Crippen molar-refractivity contribution in [3.05, 3.63) is 11.6 Å². The van der Waals surface area contributed by atoms with Crippen LogP contribution in [0.2, 0.25) is 0 Å². The molecule has 0 heterocycles. The lowest BCUT2D eigenvalue weighted by Crippen LogP contribution is -2.10. The fourth-order valence-electron chi connectivity index (χ4n) is 0.966. The van der Waals surface area contributed by atoms with Crippen molar-refractivity contribution in [2.75, 3.05) is 6.73 Å². The summed E-state index contributed by atoms with van der Waals surface area (Å²) in [7, 11) is 0. The third-order valence-electron chi connectivity index (χ3n) is 1.79. The molecule has 1 saturated carbocycles. The quantitative estimate of drug-likeness (QED) is 0.372. The van der Waals surface area contributed by atoms with Crippen molar-refractivity contribution in [3.8, 4) is 0 Å². The van der Waals surface area contributed by atoms with Crippen molar-refractivity contribution < 1.29 is 9.53 Å². The minimum atomic E-state index is -0.322. The molecular weight excluding hydrogens is 142 g/mol. The van der Waals surface area contributed by atoms with E-state index in [9.17, 15) is 4.79 Å². The van der Waals surface area contributed by atoms with Crippen LogP contribution in [-0.4, -0.2) is 12.7 Å². The Bertz CT molecular complexity index is 183. The molecule has 0 aliphatic heterocycles. The average molecular weight is 155 g/mol. The SMILES string of the molecule is C/C(=C/C(=O)OCN)C1CC1. The van der Waals surface area contributed by atoms with Crippen LogP contribution in [0.4, 0.5) is 0 Å². The summed E-state index contributed by atoms with van der Waals surface area (Å²) in [5.74, 6) is 0.303. The molecular formula is C8H13NO2. The Morgan fingerprint density at radius 3 is 2.82 bits per heavy atom. The number of allylic oxidation sites excluding steroid dienone is 1. The fourth-order valence-corrected chi connectivity index (χ4v) is 0.966. The van der Waals surface area contributed by atoms with E-state index in [4.69, 9.17) is 5.73 Å². The van der Waals surface area contributed by atoms with Crippen molar-refractivity contribution in [2.24, 2.45) is 11.7 Å². The number of hydrogen-bond acceptors (Lipinski definition) is 3. The molecule has 11 heavy (non-hydrogen) atoms. The molecule has 0 radical (unpaired) electrons. The largest absolute Gasteiger partial charge is 0.447 e. The molecule has 2 N–H and O–H groups in total. The van der Waals surface area contributed by atoms with Gasteiger partial charge in [-0.15, -0.1) is 0 Å². The van der Waals surface area contributed by atoms with Gasteiger partial charge < -0.3 is 4.74 Å². The van der Waals surface area contributed by atoms with Crippen molar-refractivity contribution >= 4 is 5.97 Å². The molecule has 3 nitrogen and oxygen atoms in total.